The van der Waals surface area contributed by atoms with Crippen molar-refractivity contribution in [2.45, 2.75) is 99.6 Å². The van der Waals surface area contributed by atoms with Crippen LogP contribution in [0.15, 0.2) is 91.1 Å². The standard InChI is InChI=1S/C51H49Cl2FN6O8/c1-28-15-22-37(45(63)56-28)60-47(65)32-10-9-14-39(41(32)48(60)66)68-27-40(62)55-25-7-2-4-13-38(61)29-16-19-31(20-17-29)57-46(64)44-42(33-11-8-12-35(53)43(33)54)51(50(59-44)23-5-3-6-24-50)34-21-18-30(52)26-36(34)58-49(51)67/h8-12,14,16-21,26,37,42,44,59H,1-7,13,15,22-25,27H2,(H,55,62)(H,56,63)(H,57,64)(H,58,67)/t37?,42-,44+,51+/m0/s1. The summed E-state index contributed by atoms with van der Waals surface area (Å²) in [6.07, 6.45) is 6.46. The van der Waals surface area contributed by atoms with E-state index >= 15 is 4.39 Å². The van der Waals surface area contributed by atoms with Crippen molar-refractivity contribution in [2.75, 3.05) is 23.8 Å². The van der Waals surface area contributed by atoms with E-state index in [1.54, 1.807) is 60.7 Å². The molecule has 0 radical (unpaired) electrons. The van der Waals surface area contributed by atoms with E-state index in [9.17, 15) is 33.6 Å². The van der Waals surface area contributed by atoms with Gasteiger partial charge in [-0.05, 0) is 104 Å². The number of nitrogens with zero attached hydrogens (tertiary/aromatic N) is 1. The maximum absolute atomic E-state index is 16.3. The number of anilines is 2. The zero-order chi connectivity index (χ0) is 47.9. The number of piperidine rings is 1. The summed E-state index contributed by atoms with van der Waals surface area (Å²) in [5, 5.41) is 15.3. The minimum absolute atomic E-state index is 0.00774. The first kappa shape index (κ1) is 46.7. The number of allylic oxidation sites excluding steroid dienone is 1. The molecule has 4 aromatic rings. The van der Waals surface area contributed by atoms with Gasteiger partial charge in [-0.2, -0.15) is 0 Å². The summed E-state index contributed by atoms with van der Waals surface area (Å²) in [6, 6.07) is 18.9. The van der Waals surface area contributed by atoms with Gasteiger partial charge in [0.2, 0.25) is 17.7 Å². The number of halogens is 3. The van der Waals surface area contributed by atoms with E-state index in [4.69, 9.17) is 27.9 Å². The van der Waals surface area contributed by atoms with Crippen molar-refractivity contribution in [1.29, 1.82) is 0 Å². The van der Waals surface area contributed by atoms with Gasteiger partial charge >= 0.3 is 0 Å². The van der Waals surface area contributed by atoms with Crippen LogP contribution >= 0.6 is 23.2 Å². The number of Topliss-reactive ketones (excluding diaryl/α,β-unsaturated/α-hetero) is 1. The Labute approximate surface area is 401 Å². The Morgan fingerprint density at radius 2 is 1.65 bits per heavy atom. The molecule has 5 aliphatic rings. The normalized spacial score (nSPS) is 22.5. The first-order chi connectivity index (χ1) is 32.7. The molecule has 3 fully saturated rings. The molecule has 4 aliphatic heterocycles. The first-order valence-electron chi connectivity index (χ1n) is 22.9. The molecule has 17 heteroatoms. The Balaban J connectivity index is 0.783. The number of carbonyl (C=O) groups excluding carboxylic acids is 7. The van der Waals surface area contributed by atoms with Gasteiger partial charge < -0.3 is 26.0 Å². The number of unbranched alkanes of at least 4 members (excludes halogenated alkanes) is 2. The van der Waals surface area contributed by atoms with Crippen LogP contribution in [0.1, 0.15) is 119 Å². The summed E-state index contributed by atoms with van der Waals surface area (Å²) in [4.78, 5) is 95.0. The highest BCUT2D eigenvalue weighted by molar-refractivity contribution is 6.31. The predicted molar refractivity (Wildman–Crippen MR) is 252 cm³/mol. The lowest BCUT2D eigenvalue weighted by atomic mass is 9.55. The van der Waals surface area contributed by atoms with Crippen LogP contribution in [0.3, 0.4) is 0 Å². The van der Waals surface area contributed by atoms with Crippen LogP contribution in [0.4, 0.5) is 15.8 Å². The summed E-state index contributed by atoms with van der Waals surface area (Å²) >= 11 is 12.8. The van der Waals surface area contributed by atoms with Gasteiger partial charge in [-0.15, -0.1) is 0 Å². The number of carbonyl (C=O) groups is 7. The topological polar surface area (TPSA) is 192 Å². The van der Waals surface area contributed by atoms with Crippen LogP contribution in [0.5, 0.6) is 5.75 Å². The van der Waals surface area contributed by atoms with Crippen LogP contribution in [-0.2, 0) is 24.6 Å². The highest BCUT2D eigenvalue weighted by Crippen LogP contribution is 2.63. The van der Waals surface area contributed by atoms with Crippen molar-refractivity contribution in [3.05, 3.63) is 135 Å². The van der Waals surface area contributed by atoms with Crippen LogP contribution < -0.4 is 31.3 Å². The minimum Gasteiger partial charge on any atom is -0.483 e. The predicted octanol–water partition coefficient (Wildman–Crippen LogP) is 7.75. The van der Waals surface area contributed by atoms with Crippen LogP contribution in [0.25, 0.3) is 0 Å². The maximum atomic E-state index is 16.3. The molecule has 6 amide bonds. The average molecular weight is 964 g/mol. The number of fused-ring (bicyclic) bond motifs is 4. The quantitative estimate of drug-likeness (QED) is 0.0478. The van der Waals surface area contributed by atoms with E-state index in [2.05, 4.69) is 33.2 Å². The fraction of sp³-hybridized carbons (Fsp3) is 0.353. The third kappa shape index (κ3) is 8.23. The van der Waals surface area contributed by atoms with Gasteiger partial charge in [0.1, 0.15) is 23.0 Å². The van der Waals surface area contributed by atoms with Gasteiger partial charge in [0.05, 0.1) is 22.2 Å². The van der Waals surface area contributed by atoms with Crippen molar-refractivity contribution in [3.63, 3.8) is 0 Å². The number of amides is 6. The minimum atomic E-state index is -1.37. The van der Waals surface area contributed by atoms with Crippen LogP contribution in [0, 0.1) is 5.82 Å². The molecule has 2 saturated heterocycles. The van der Waals surface area contributed by atoms with Gasteiger partial charge in [-0.25, -0.2) is 4.39 Å². The molecular weight excluding hydrogens is 914 g/mol. The molecule has 352 valence electrons. The largest absolute Gasteiger partial charge is 0.483 e. The lowest BCUT2D eigenvalue weighted by Crippen LogP contribution is -2.60. The Bertz CT molecular complexity index is 2780. The second-order valence-corrected chi connectivity index (χ2v) is 18.9. The molecule has 2 spiro atoms. The first-order valence-corrected chi connectivity index (χ1v) is 23.7. The summed E-state index contributed by atoms with van der Waals surface area (Å²) in [7, 11) is 0. The smallest absolute Gasteiger partial charge is 0.266 e. The van der Waals surface area contributed by atoms with Gasteiger partial charge in [0.15, 0.2) is 12.4 Å². The lowest BCUT2D eigenvalue weighted by Gasteiger charge is -2.47. The molecule has 9 rings (SSSR count). The highest BCUT2D eigenvalue weighted by Gasteiger charge is 2.72. The molecule has 4 aromatic carbocycles. The Morgan fingerprint density at radius 3 is 2.41 bits per heavy atom. The van der Waals surface area contributed by atoms with Gasteiger partial charge in [0.25, 0.3) is 17.7 Å². The molecular formula is C51H49Cl2FN6O8. The van der Waals surface area contributed by atoms with E-state index in [0.717, 1.165) is 24.2 Å². The number of ketones is 1. The van der Waals surface area contributed by atoms with Crippen molar-refractivity contribution < 1.29 is 42.7 Å². The number of nitrogens with one attached hydrogen (secondary N) is 5. The molecule has 4 heterocycles. The zero-order valence-corrected chi connectivity index (χ0v) is 38.5. The summed E-state index contributed by atoms with van der Waals surface area (Å²) in [6.45, 7) is 3.66. The van der Waals surface area contributed by atoms with Crippen LogP contribution in [0.2, 0.25) is 10.0 Å². The maximum Gasteiger partial charge on any atom is 0.266 e. The number of benzene rings is 4. The zero-order valence-electron chi connectivity index (χ0n) is 37.0. The second-order valence-electron chi connectivity index (χ2n) is 18.1. The Hall–Kier alpha value is -6.42. The van der Waals surface area contributed by atoms with Crippen molar-refractivity contribution >= 4 is 75.8 Å². The molecule has 4 atom stereocenters. The van der Waals surface area contributed by atoms with Gasteiger partial charge in [0, 0.05) is 52.1 Å². The number of hydrogen-bond acceptors (Lipinski definition) is 9. The van der Waals surface area contributed by atoms with Crippen molar-refractivity contribution in [1.82, 2.24) is 20.9 Å². The highest BCUT2D eigenvalue weighted by atomic mass is 35.5. The van der Waals surface area contributed by atoms with Crippen LogP contribution in [-0.4, -0.2) is 76.9 Å². The SMILES string of the molecule is C=C1CCC(N2C(=O)c3cccc(OCC(=O)NCCCCCC(=O)c4ccc(NC(=O)[C@@H]5NC6(CCCCC6)[C@@]6(C(=O)Nc7cc(Cl)ccc76)[C@H]5c5cccc(Cl)c5F)cc4)c3C2=O)C(=O)N1. The number of hydrogen-bond donors (Lipinski definition) is 5. The van der Waals surface area contributed by atoms with E-state index in [1.807, 2.05) is 0 Å². The van der Waals surface area contributed by atoms with E-state index in [-0.39, 0.29) is 52.0 Å². The molecule has 68 heavy (non-hydrogen) atoms. The van der Waals surface area contributed by atoms with Gasteiger partial charge in [-0.1, -0.05) is 79.7 Å². The summed E-state index contributed by atoms with van der Waals surface area (Å²) in [5.41, 5.74) is 0.565. The summed E-state index contributed by atoms with van der Waals surface area (Å²) in [5.74, 6) is -4.70. The van der Waals surface area contributed by atoms with E-state index in [0.29, 0.717) is 78.3 Å². The van der Waals surface area contributed by atoms with Gasteiger partial charge in [-0.3, -0.25) is 43.8 Å². The molecule has 1 saturated carbocycles. The Kier molecular flexibility index (Phi) is 13.0. The van der Waals surface area contributed by atoms with E-state index < -0.39 is 70.9 Å². The summed E-state index contributed by atoms with van der Waals surface area (Å²) < 4.78 is 21.9. The second kappa shape index (κ2) is 18.9. The number of rotatable bonds is 14. The molecule has 14 nitrogen and oxygen atoms in total. The monoisotopic (exact) mass is 962 g/mol. The fourth-order valence-electron chi connectivity index (χ4n) is 11.0. The number of ether oxygens (including phenoxy) is 1. The number of imide groups is 1. The molecule has 0 aromatic heterocycles. The molecule has 1 unspecified atom stereocenters. The molecule has 1 aliphatic carbocycles. The van der Waals surface area contributed by atoms with E-state index in [1.165, 1.54) is 18.2 Å². The van der Waals surface area contributed by atoms with Crippen molar-refractivity contribution in [3.8, 4) is 5.75 Å². The lowest BCUT2D eigenvalue weighted by molar-refractivity contribution is -0.125. The Morgan fingerprint density at radius 1 is 0.882 bits per heavy atom. The van der Waals surface area contributed by atoms with Crippen molar-refractivity contribution in [2.24, 2.45) is 0 Å². The average Bonchev–Trinajstić information content (AvgIpc) is 3.88. The molecule has 0 bridgehead atoms. The molecule has 5 N–H and O–H groups in total. The third-order valence-corrected chi connectivity index (χ3v) is 14.6. The fourth-order valence-corrected chi connectivity index (χ4v) is 11.4. The third-order valence-electron chi connectivity index (χ3n) is 14.1.